The zero-order valence-electron chi connectivity index (χ0n) is 7.68. The van der Waals surface area contributed by atoms with E-state index in [1.165, 1.54) is 12.8 Å². The first-order valence-electron chi connectivity index (χ1n) is 4.70. The summed E-state index contributed by atoms with van der Waals surface area (Å²) >= 11 is 0. The van der Waals surface area contributed by atoms with Crippen molar-refractivity contribution in [2.24, 2.45) is 17.6 Å². The molecule has 0 aromatic heterocycles. The predicted molar refractivity (Wildman–Crippen MR) is 48.6 cm³/mol. The van der Waals surface area contributed by atoms with Gasteiger partial charge in [-0.3, -0.25) is 4.79 Å². The summed E-state index contributed by atoms with van der Waals surface area (Å²) in [5.74, 6) is 0.593. The van der Waals surface area contributed by atoms with Gasteiger partial charge in [0.1, 0.15) is 0 Å². The Hall–Kier alpha value is -0.570. The molecule has 1 heterocycles. The molecule has 1 saturated heterocycles. The Morgan fingerprint density at radius 2 is 2.17 bits per heavy atom. The molecule has 1 rings (SSSR count). The van der Waals surface area contributed by atoms with Crippen molar-refractivity contribution in [1.29, 1.82) is 0 Å². The van der Waals surface area contributed by atoms with Gasteiger partial charge in [0.2, 0.25) is 5.91 Å². The van der Waals surface area contributed by atoms with Crippen molar-refractivity contribution in [3.8, 4) is 0 Å². The molecule has 70 valence electrons. The van der Waals surface area contributed by atoms with Crippen molar-refractivity contribution >= 4 is 5.91 Å². The third kappa shape index (κ3) is 2.81. The molecule has 3 nitrogen and oxygen atoms in total. The van der Waals surface area contributed by atoms with E-state index >= 15 is 0 Å². The molecule has 1 aliphatic rings. The summed E-state index contributed by atoms with van der Waals surface area (Å²) in [4.78, 5) is 10.8. The lowest BCUT2D eigenvalue weighted by Crippen LogP contribution is -2.31. The first-order chi connectivity index (χ1) is 5.70. The lowest BCUT2D eigenvalue weighted by molar-refractivity contribution is -0.121. The third-order valence-electron chi connectivity index (χ3n) is 2.63. The predicted octanol–water partition coefficient (Wildman–Crippen LogP) is 0.497. The summed E-state index contributed by atoms with van der Waals surface area (Å²) in [5, 5.41) is 3.30. The van der Waals surface area contributed by atoms with Crippen molar-refractivity contribution in [3.05, 3.63) is 0 Å². The average molecular weight is 170 g/mol. The van der Waals surface area contributed by atoms with Gasteiger partial charge in [0.25, 0.3) is 0 Å². The second-order valence-corrected chi connectivity index (χ2v) is 3.73. The lowest BCUT2D eigenvalue weighted by Gasteiger charge is -2.24. The van der Waals surface area contributed by atoms with Gasteiger partial charge >= 0.3 is 0 Å². The summed E-state index contributed by atoms with van der Waals surface area (Å²) in [7, 11) is 0. The average Bonchev–Trinajstić information content (AvgIpc) is 2.06. The number of nitrogens with two attached hydrogens (primary N) is 1. The van der Waals surface area contributed by atoms with E-state index in [0.717, 1.165) is 19.5 Å². The van der Waals surface area contributed by atoms with Crippen LogP contribution < -0.4 is 11.1 Å². The van der Waals surface area contributed by atoms with Gasteiger partial charge in [-0.15, -0.1) is 0 Å². The molecule has 0 spiro atoms. The van der Waals surface area contributed by atoms with Crippen molar-refractivity contribution in [3.63, 3.8) is 0 Å². The van der Waals surface area contributed by atoms with E-state index in [-0.39, 0.29) is 11.8 Å². The van der Waals surface area contributed by atoms with Crippen LogP contribution in [0.1, 0.15) is 26.2 Å². The molecule has 0 aromatic rings. The zero-order valence-corrected chi connectivity index (χ0v) is 7.68. The number of amides is 1. The van der Waals surface area contributed by atoms with Crippen molar-refractivity contribution in [1.82, 2.24) is 5.32 Å². The van der Waals surface area contributed by atoms with Crippen LogP contribution >= 0.6 is 0 Å². The van der Waals surface area contributed by atoms with Gasteiger partial charge in [-0.25, -0.2) is 0 Å². The van der Waals surface area contributed by atoms with Gasteiger partial charge in [0.05, 0.1) is 0 Å². The molecule has 0 aliphatic carbocycles. The first kappa shape index (κ1) is 9.52. The summed E-state index contributed by atoms with van der Waals surface area (Å²) in [5.41, 5.74) is 5.20. The standard InChI is InChI=1S/C9H18N2O/c1-7(9(10)12)6-8-2-4-11-5-3-8/h7-8,11H,2-6H2,1H3,(H2,10,12). The van der Waals surface area contributed by atoms with E-state index < -0.39 is 0 Å². The molecule has 3 N–H and O–H groups in total. The molecule has 0 radical (unpaired) electrons. The fourth-order valence-electron chi connectivity index (χ4n) is 1.73. The Bertz CT molecular complexity index is 153. The number of rotatable bonds is 3. The van der Waals surface area contributed by atoms with Crippen LogP contribution in [0.4, 0.5) is 0 Å². The van der Waals surface area contributed by atoms with Gasteiger partial charge in [-0.2, -0.15) is 0 Å². The zero-order chi connectivity index (χ0) is 8.97. The van der Waals surface area contributed by atoms with Crippen LogP contribution in [-0.2, 0) is 4.79 Å². The van der Waals surface area contributed by atoms with E-state index in [2.05, 4.69) is 5.32 Å². The number of hydrogen-bond donors (Lipinski definition) is 2. The quantitative estimate of drug-likeness (QED) is 0.648. The highest BCUT2D eigenvalue weighted by molar-refractivity contribution is 5.76. The molecule has 0 bridgehead atoms. The van der Waals surface area contributed by atoms with Crippen LogP contribution in [-0.4, -0.2) is 19.0 Å². The van der Waals surface area contributed by atoms with E-state index in [1.807, 2.05) is 6.92 Å². The maximum atomic E-state index is 10.8. The van der Waals surface area contributed by atoms with E-state index in [4.69, 9.17) is 5.73 Å². The fourth-order valence-corrected chi connectivity index (χ4v) is 1.73. The van der Waals surface area contributed by atoms with Crippen LogP contribution in [0.5, 0.6) is 0 Å². The number of piperidine rings is 1. The number of nitrogens with one attached hydrogen (secondary N) is 1. The molecule has 1 aliphatic heterocycles. The topological polar surface area (TPSA) is 55.1 Å². The third-order valence-corrected chi connectivity index (χ3v) is 2.63. The van der Waals surface area contributed by atoms with E-state index in [0.29, 0.717) is 5.92 Å². The summed E-state index contributed by atoms with van der Waals surface area (Å²) in [6.45, 7) is 4.11. The smallest absolute Gasteiger partial charge is 0.220 e. The monoisotopic (exact) mass is 170 g/mol. The highest BCUT2D eigenvalue weighted by atomic mass is 16.1. The molecular formula is C9H18N2O. The SMILES string of the molecule is CC(CC1CCNCC1)C(N)=O. The molecule has 0 saturated carbocycles. The number of carbonyl (C=O) groups is 1. The fraction of sp³-hybridized carbons (Fsp3) is 0.889. The maximum absolute atomic E-state index is 10.8. The van der Waals surface area contributed by atoms with Gasteiger partial charge in [-0.05, 0) is 38.3 Å². The molecule has 12 heavy (non-hydrogen) atoms. The normalized spacial score (nSPS) is 22.1. The summed E-state index contributed by atoms with van der Waals surface area (Å²) in [6, 6.07) is 0. The Labute approximate surface area is 73.7 Å². The summed E-state index contributed by atoms with van der Waals surface area (Å²) in [6.07, 6.45) is 3.35. The molecule has 3 heteroatoms. The number of carbonyl (C=O) groups excluding carboxylic acids is 1. The Morgan fingerprint density at radius 3 is 2.67 bits per heavy atom. The minimum Gasteiger partial charge on any atom is -0.369 e. The van der Waals surface area contributed by atoms with Crippen LogP contribution in [0.2, 0.25) is 0 Å². The highest BCUT2D eigenvalue weighted by Crippen LogP contribution is 2.20. The minimum absolute atomic E-state index is 0.0492. The number of primary amides is 1. The molecule has 1 atom stereocenters. The first-order valence-corrected chi connectivity index (χ1v) is 4.70. The van der Waals surface area contributed by atoms with Crippen LogP contribution in [0.15, 0.2) is 0 Å². The van der Waals surface area contributed by atoms with Crippen molar-refractivity contribution < 1.29 is 4.79 Å². The number of hydrogen-bond acceptors (Lipinski definition) is 2. The van der Waals surface area contributed by atoms with Crippen molar-refractivity contribution in [2.45, 2.75) is 26.2 Å². The Balaban J connectivity index is 2.24. The second kappa shape index (κ2) is 4.45. The Kier molecular flexibility index (Phi) is 3.53. The molecule has 1 fully saturated rings. The highest BCUT2D eigenvalue weighted by Gasteiger charge is 2.18. The van der Waals surface area contributed by atoms with E-state index in [9.17, 15) is 4.79 Å². The lowest BCUT2D eigenvalue weighted by atomic mass is 9.88. The molecular weight excluding hydrogens is 152 g/mol. The van der Waals surface area contributed by atoms with Crippen molar-refractivity contribution in [2.75, 3.05) is 13.1 Å². The molecule has 1 amide bonds. The molecule has 1 unspecified atom stereocenters. The van der Waals surface area contributed by atoms with Gasteiger partial charge in [0.15, 0.2) is 0 Å². The van der Waals surface area contributed by atoms with Gasteiger partial charge in [0, 0.05) is 5.92 Å². The maximum Gasteiger partial charge on any atom is 0.220 e. The Morgan fingerprint density at radius 1 is 1.58 bits per heavy atom. The van der Waals surface area contributed by atoms with Crippen LogP contribution in [0, 0.1) is 11.8 Å². The van der Waals surface area contributed by atoms with Crippen LogP contribution in [0.3, 0.4) is 0 Å². The van der Waals surface area contributed by atoms with Gasteiger partial charge < -0.3 is 11.1 Å². The largest absolute Gasteiger partial charge is 0.369 e. The minimum atomic E-state index is -0.159. The van der Waals surface area contributed by atoms with Gasteiger partial charge in [-0.1, -0.05) is 6.92 Å². The van der Waals surface area contributed by atoms with Crippen LogP contribution in [0.25, 0.3) is 0 Å². The van der Waals surface area contributed by atoms with E-state index in [1.54, 1.807) is 0 Å². The second-order valence-electron chi connectivity index (χ2n) is 3.73. The molecule has 0 aromatic carbocycles. The summed E-state index contributed by atoms with van der Waals surface area (Å²) < 4.78 is 0.